The molecule has 1 heterocycles. The molecule has 5 nitrogen and oxygen atoms in total. The van der Waals surface area contributed by atoms with Gasteiger partial charge >= 0.3 is 0 Å². The van der Waals surface area contributed by atoms with Crippen LogP contribution in [0.1, 0.15) is 34.1 Å². The van der Waals surface area contributed by atoms with Crippen LogP contribution in [0.15, 0.2) is 4.99 Å². The molecule has 6 heteroatoms. The second kappa shape index (κ2) is 6.59. The van der Waals surface area contributed by atoms with E-state index in [9.17, 15) is 8.42 Å². The molecule has 0 aromatic carbocycles. The summed E-state index contributed by atoms with van der Waals surface area (Å²) in [5.41, 5.74) is 0.311. The number of nitrogens with zero attached hydrogens (tertiary/aromatic N) is 2. The molecule has 0 amide bonds. The average molecular weight is 289 g/mol. The van der Waals surface area contributed by atoms with Crippen molar-refractivity contribution in [1.82, 2.24) is 10.2 Å². The molecule has 0 atom stereocenters. The van der Waals surface area contributed by atoms with Gasteiger partial charge in [0, 0.05) is 25.4 Å². The molecule has 1 saturated heterocycles. The Morgan fingerprint density at radius 1 is 1.37 bits per heavy atom. The maximum atomic E-state index is 11.5. The van der Waals surface area contributed by atoms with Crippen molar-refractivity contribution >= 4 is 15.8 Å². The van der Waals surface area contributed by atoms with Gasteiger partial charge in [-0.05, 0) is 18.8 Å². The summed E-state index contributed by atoms with van der Waals surface area (Å²) in [7, 11) is -2.93. The molecular weight excluding hydrogens is 262 g/mol. The first-order valence-corrected chi connectivity index (χ1v) is 8.85. The van der Waals surface area contributed by atoms with Crippen LogP contribution in [0.2, 0.25) is 0 Å². The summed E-state index contributed by atoms with van der Waals surface area (Å²) in [6, 6.07) is 0. The molecule has 0 saturated carbocycles. The fourth-order valence-electron chi connectivity index (χ4n) is 2.15. The second-order valence-electron chi connectivity index (χ2n) is 5.81. The van der Waals surface area contributed by atoms with Crippen molar-refractivity contribution in [1.29, 1.82) is 0 Å². The fourth-order valence-corrected chi connectivity index (χ4v) is 2.81. The van der Waals surface area contributed by atoms with Crippen LogP contribution in [0.5, 0.6) is 0 Å². The van der Waals surface area contributed by atoms with E-state index < -0.39 is 9.84 Å². The van der Waals surface area contributed by atoms with Gasteiger partial charge in [-0.2, -0.15) is 0 Å². The van der Waals surface area contributed by atoms with E-state index in [1.54, 1.807) is 6.92 Å². The van der Waals surface area contributed by atoms with Crippen LogP contribution in [-0.4, -0.2) is 57.0 Å². The molecule has 1 rings (SSSR count). The lowest BCUT2D eigenvalue weighted by Crippen LogP contribution is -2.41. The topological polar surface area (TPSA) is 61.8 Å². The van der Waals surface area contributed by atoms with Gasteiger partial charge in [0.2, 0.25) is 0 Å². The van der Waals surface area contributed by atoms with Gasteiger partial charge in [0.25, 0.3) is 0 Å². The molecule has 0 aliphatic carbocycles. The molecule has 1 aliphatic rings. The van der Waals surface area contributed by atoms with E-state index in [-0.39, 0.29) is 11.5 Å². The standard InChI is InChI=1S/C13H27N3O2S/c1-5-14-12(15-8-10-19(17,18)6-2)16-9-7-13(3,4)11-16/h5-11H2,1-4H3,(H,14,15). The van der Waals surface area contributed by atoms with Crippen LogP contribution < -0.4 is 5.32 Å². The highest BCUT2D eigenvalue weighted by Gasteiger charge is 2.30. The number of hydrogen-bond acceptors (Lipinski definition) is 3. The lowest BCUT2D eigenvalue weighted by molar-refractivity contribution is 0.370. The van der Waals surface area contributed by atoms with Crippen LogP contribution >= 0.6 is 0 Å². The summed E-state index contributed by atoms with van der Waals surface area (Å²) < 4.78 is 22.9. The maximum absolute atomic E-state index is 11.5. The molecular formula is C13H27N3O2S. The number of rotatable bonds is 5. The number of likely N-dealkylation sites (tertiary alicyclic amines) is 1. The molecule has 112 valence electrons. The third-order valence-corrected chi connectivity index (χ3v) is 5.10. The largest absolute Gasteiger partial charge is 0.357 e. The number of aliphatic imine (C=N–C) groups is 1. The van der Waals surface area contributed by atoms with Gasteiger partial charge in [-0.25, -0.2) is 8.42 Å². The Hall–Kier alpha value is -0.780. The minimum atomic E-state index is -2.93. The van der Waals surface area contributed by atoms with Gasteiger partial charge in [0.05, 0.1) is 12.3 Å². The summed E-state index contributed by atoms with van der Waals surface area (Å²) >= 11 is 0. The third kappa shape index (κ3) is 5.38. The normalized spacial score (nSPS) is 19.8. The van der Waals surface area contributed by atoms with Crippen LogP contribution in [0, 0.1) is 5.41 Å². The Bertz CT molecular complexity index is 416. The Kier molecular flexibility index (Phi) is 5.64. The van der Waals surface area contributed by atoms with Crippen molar-refractivity contribution in [2.75, 3.05) is 37.7 Å². The van der Waals surface area contributed by atoms with Crippen molar-refractivity contribution in [3.8, 4) is 0 Å². The maximum Gasteiger partial charge on any atom is 0.193 e. The van der Waals surface area contributed by atoms with Gasteiger partial charge in [0.15, 0.2) is 15.8 Å². The molecule has 0 aromatic heterocycles. The van der Waals surface area contributed by atoms with Gasteiger partial charge in [-0.15, -0.1) is 0 Å². The summed E-state index contributed by atoms with van der Waals surface area (Å²) in [6.07, 6.45) is 1.14. The predicted octanol–water partition coefficient (Wildman–Crippen LogP) is 1.12. The predicted molar refractivity (Wildman–Crippen MR) is 80.3 cm³/mol. The van der Waals surface area contributed by atoms with Crippen LogP contribution in [-0.2, 0) is 9.84 Å². The van der Waals surface area contributed by atoms with E-state index in [2.05, 4.69) is 29.1 Å². The van der Waals surface area contributed by atoms with Crippen LogP contribution in [0.25, 0.3) is 0 Å². The Labute approximate surface area is 117 Å². The first-order chi connectivity index (χ1) is 8.79. The fraction of sp³-hybridized carbons (Fsp3) is 0.923. The number of guanidine groups is 1. The lowest BCUT2D eigenvalue weighted by Gasteiger charge is -2.23. The first kappa shape index (κ1) is 16.3. The highest BCUT2D eigenvalue weighted by atomic mass is 32.2. The lowest BCUT2D eigenvalue weighted by atomic mass is 9.93. The van der Waals surface area contributed by atoms with E-state index in [0.717, 1.165) is 32.0 Å². The molecule has 0 radical (unpaired) electrons. The van der Waals surface area contributed by atoms with E-state index in [1.807, 2.05) is 6.92 Å². The van der Waals surface area contributed by atoms with E-state index in [1.165, 1.54) is 0 Å². The van der Waals surface area contributed by atoms with Gasteiger partial charge < -0.3 is 10.2 Å². The number of nitrogens with one attached hydrogen (secondary N) is 1. The molecule has 0 aromatic rings. The molecule has 1 fully saturated rings. The van der Waals surface area contributed by atoms with E-state index in [0.29, 0.717) is 12.0 Å². The summed E-state index contributed by atoms with van der Waals surface area (Å²) in [6.45, 7) is 11.3. The molecule has 1 N–H and O–H groups in total. The van der Waals surface area contributed by atoms with Gasteiger partial charge in [-0.1, -0.05) is 20.8 Å². The first-order valence-electron chi connectivity index (χ1n) is 7.03. The third-order valence-electron chi connectivity index (χ3n) is 3.42. The van der Waals surface area contributed by atoms with Crippen molar-refractivity contribution in [2.45, 2.75) is 34.1 Å². The van der Waals surface area contributed by atoms with E-state index in [4.69, 9.17) is 0 Å². The molecule has 0 unspecified atom stereocenters. The quantitative estimate of drug-likeness (QED) is 0.608. The highest BCUT2D eigenvalue weighted by Crippen LogP contribution is 2.28. The number of sulfone groups is 1. The average Bonchev–Trinajstić information content (AvgIpc) is 2.68. The van der Waals surface area contributed by atoms with Crippen molar-refractivity contribution in [3.63, 3.8) is 0 Å². The minimum Gasteiger partial charge on any atom is -0.357 e. The Balaban J connectivity index is 2.62. The van der Waals surface area contributed by atoms with Gasteiger partial charge in [0.1, 0.15) is 0 Å². The summed E-state index contributed by atoms with van der Waals surface area (Å²) in [5.74, 6) is 1.17. The summed E-state index contributed by atoms with van der Waals surface area (Å²) in [4.78, 5) is 6.67. The van der Waals surface area contributed by atoms with Crippen molar-refractivity contribution < 1.29 is 8.42 Å². The zero-order chi connectivity index (χ0) is 14.5. The van der Waals surface area contributed by atoms with Crippen LogP contribution in [0.3, 0.4) is 0 Å². The monoisotopic (exact) mass is 289 g/mol. The van der Waals surface area contributed by atoms with Gasteiger partial charge in [-0.3, -0.25) is 4.99 Å². The summed E-state index contributed by atoms with van der Waals surface area (Å²) in [5, 5.41) is 3.25. The van der Waals surface area contributed by atoms with Crippen molar-refractivity contribution in [2.24, 2.45) is 10.4 Å². The van der Waals surface area contributed by atoms with E-state index >= 15 is 0 Å². The molecule has 19 heavy (non-hydrogen) atoms. The Morgan fingerprint density at radius 3 is 2.53 bits per heavy atom. The SMILES string of the molecule is CCNC(=NCCS(=O)(=O)CC)N1CCC(C)(C)C1. The molecule has 1 aliphatic heterocycles. The molecule has 0 spiro atoms. The second-order valence-corrected chi connectivity index (χ2v) is 8.28. The Morgan fingerprint density at radius 2 is 2.05 bits per heavy atom. The number of hydrogen-bond donors (Lipinski definition) is 1. The zero-order valence-corrected chi connectivity index (χ0v) is 13.4. The van der Waals surface area contributed by atoms with Crippen molar-refractivity contribution in [3.05, 3.63) is 0 Å². The minimum absolute atomic E-state index is 0.135. The highest BCUT2D eigenvalue weighted by molar-refractivity contribution is 7.91. The zero-order valence-electron chi connectivity index (χ0n) is 12.6. The molecule has 0 bridgehead atoms. The van der Waals surface area contributed by atoms with Crippen LogP contribution in [0.4, 0.5) is 0 Å². The smallest absolute Gasteiger partial charge is 0.193 e.